The van der Waals surface area contributed by atoms with Crippen molar-refractivity contribution in [2.45, 2.75) is 20.5 Å². The molecule has 27 heavy (non-hydrogen) atoms. The summed E-state index contributed by atoms with van der Waals surface area (Å²) >= 11 is 1.43. The normalized spacial score (nSPS) is 10.9. The highest BCUT2D eigenvalue weighted by Crippen LogP contribution is 2.29. The van der Waals surface area contributed by atoms with E-state index in [-0.39, 0.29) is 12.2 Å². The molecule has 0 bridgehead atoms. The fourth-order valence-electron chi connectivity index (χ4n) is 2.80. The molecule has 0 amide bonds. The lowest BCUT2D eigenvalue weighted by atomic mass is 10.1. The lowest BCUT2D eigenvalue weighted by Gasteiger charge is -2.10. The maximum Gasteiger partial charge on any atom is 0.336 e. The second-order valence-corrected chi connectivity index (χ2v) is 7.16. The molecule has 1 N–H and O–H groups in total. The van der Waals surface area contributed by atoms with Crippen molar-refractivity contribution in [1.82, 2.24) is 10.2 Å². The first-order valence-electron chi connectivity index (χ1n) is 8.41. The van der Waals surface area contributed by atoms with Gasteiger partial charge in [0.05, 0.1) is 0 Å². The zero-order chi connectivity index (χ0) is 18.8. The minimum atomic E-state index is -0.360. The maximum absolute atomic E-state index is 11.7. The third kappa shape index (κ3) is 3.68. The van der Waals surface area contributed by atoms with Gasteiger partial charge in [0.25, 0.3) is 0 Å². The number of aryl methyl sites for hydroxylation is 2. The zero-order valence-corrected chi connectivity index (χ0v) is 15.7. The molecule has 0 radical (unpaired) electrons. The second kappa shape index (κ2) is 7.20. The Labute approximate surface area is 159 Å². The highest BCUT2D eigenvalue weighted by Gasteiger charge is 2.11. The molecule has 0 saturated carbocycles. The van der Waals surface area contributed by atoms with Gasteiger partial charge < -0.3 is 14.5 Å². The van der Waals surface area contributed by atoms with Gasteiger partial charge in [0, 0.05) is 22.7 Å². The molecule has 0 aliphatic rings. The van der Waals surface area contributed by atoms with E-state index >= 15 is 0 Å². The van der Waals surface area contributed by atoms with E-state index in [1.807, 2.05) is 56.3 Å². The fourth-order valence-corrected chi connectivity index (χ4v) is 3.48. The number of aromatic nitrogens is 2. The third-order valence-corrected chi connectivity index (χ3v) is 4.97. The van der Waals surface area contributed by atoms with Gasteiger partial charge in [-0.3, -0.25) is 0 Å². The van der Waals surface area contributed by atoms with Crippen LogP contribution in [0.1, 0.15) is 16.1 Å². The van der Waals surface area contributed by atoms with Crippen LogP contribution in [0.2, 0.25) is 0 Å². The number of benzene rings is 2. The van der Waals surface area contributed by atoms with Crippen molar-refractivity contribution >= 4 is 33.1 Å². The third-order valence-electron chi connectivity index (χ3n) is 4.16. The topological polar surface area (TPSA) is 77.2 Å². The largest absolute Gasteiger partial charge is 0.486 e. The Balaban J connectivity index is 1.51. The number of anilines is 2. The average Bonchev–Trinajstić information content (AvgIpc) is 3.10. The molecule has 2 heterocycles. The van der Waals surface area contributed by atoms with E-state index in [0.717, 1.165) is 27.2 Å². The Hall–Kier alpha value is -3.19. The number of hydrogen-bond acceptors (Lipinski definition) is 7. The van der Waals surface area contributed by atoms with E-state index in [2.05, 4.69) is 15.5 Å². The molecule has 136 valence electrons. The van der Waals surface area contributed by atoms with Crippen molar-refractivity contribution in [3.8, 4) is 5.75 Å². The van der Waals surface area contributed by atoms with Crippen LogP contribution in [0.15, 0.2) is 57.7 Å². The Morgan fingerprint density at radius 2 is 1.93 bits per heavy atom. The number of hydrogen-bond donors (Lipinski definition) is 1. The molecule has 7 heteroatoms. The first kappa shape index (κ1) is 17.2. The Kier molecular flexibility index (Phi) is 4.60. The van der Waals surface area contributed by atoms with Gasteiger partial charge in [0.15, 0.2) is 5.01 Å². The maximum atomic E-state index is 11.7. The van der Waals surface area contributed by atoms with Crippen molar-refractivity contribution < 1.29 is 9.15 Å². The van der Waals surface area contributed by atoms with Crippen molar-refractivity contribution in [1.29, 1.82) is 0 Å². The van der Waals surface area contributed by atoms with Crippen LogP contribution >= 0.6 is 11.3 Å². The first-order chi connectivity index (χ1) is 13.1. The summed E-state index contributed by atoms with van der Waals surface area (Å²) in [6, 6.07) is 15.1. The van der Waals surface area contributed by atoms with Crippen LogP contribution in [0.5, 0.6) is 5.75 Å². The summed E-state index contributed by atoms with van der Waals surface area (Å²) in [5, 5.41) is 13.9. The predicted octanol–water partition coefficient (Wildman–Crippen LogP) is 4.58. The van der Waals surface area contributed by atoms with E-state index in [9.17, 15) is 4.79 Å². The van der Waals surface area contributed by atoms with Gasteiger partial charge in [-0.2, -0.15) is 0 Å². The molecule has 4 rings (SSSR count). The molecule has 0 saturated heterocycles. The summed E-state index contributed by atoms with van der Waals surface area (Å²) in [5.41, 5.74) is 2.83. The number of fused-ring (bicyclic) bond motifs is 1. The SMILES string of the molecule is Cc1cc(=O)oc2c(C)c(OCc3nnc(Nc4ccccc4)s3)ccc12. The summed E-state index contributed by atoms with van der Waals surface area (Å²) in [6.07, 6.45) is 0. The molecule has 0 aliphatic carbocycles. The average molecular weight is 379 g/mol. The van der Waals surface area contributed by atoms with Gasteiger partial charge >= 0.3 is 5.63 Å². The molecule has 0 spiro atoms. The molecule has 0 fully saturated rings. The molecule has 0 unspecified atom stereocenters. The molecule has 4 aromatic rings. The van der Waals surface area contributed by atoms with Gasteiger partial charge in [-0.1, -0.05) is 29.5 Å². The predicted molar refractivity (Wildman–Crippen MR) is 106 cm³/mol. The molecule has 2 aromatic carbocycles. The van der Waals surface area contributed by atoms with E-state index in [1.54, 1.807) is 0 Å². The molecular formula is C20H17N3O3S. The Bertz CT molecular complexity index is 1150. The molecular weight excluding hydrogens is 362 g/mol. The van der Waals surface area contributed by atoms with Crippen LogP contribution in [0.4, 0.5) is 10.8 Å². The van der Waals surface area contributed by atoms with Crippen molar-refractivity contribution in [2.24, 2.45) is 0 Å². The molecule has 2 aromatic heterocycles. The van der Waals surface area contributed by atoms with Crippen LogP contribution in [0, 0.1) is 13.8 Å². The van der Waals surface area contributed by atoms with E-state index in [1.165, 1.54) is 17.4 Å². The van der Waals surface area contributed by atoms with Gasteiger partial charge in [-0.15, -0.1) is 10.2 Å². The van der Waals surface area contributed by atoms with Gasteiger partial charge in [0.1, 0.15) is 17.9 Å². The fraction of sp³-hybridized carbons (Fsp3) is 0.150. The summed E-state index contributed by atoms with van der Waals surface area (Å²) in [7, 11) is 0. The Morgan fingerprint density at radius 3 is 2.74 bits per heavy atom. The van der Waals surface area contributed by atoms with Crippen molar-refractivity contribution in [3.05, 3.63) is 75.1 Å². The lowest BCUT2D eigenvalue weighted by molar-refractivity contribution is 0.302. The van der Waals surface area contributed by atoms with Crippen molar-refractivity contribution in [3.63, 3.8) is 0 Å². The zero-order valence-electron chi connectivity index (χ0n) is 14.9. The molecule has 0 atom stereocenters. The summed E-state index contributed by atoms with van der Waals surface area (Å²) in [5.74, 6) is 0.656. The minimum absolute atomic E-state index is 0.288. The number of rotatable bonds is 5. The number of ether oxygens (including phenoxy) is 1. The molecule has 6 nitrogen and oxygen atoms in total. The van der Waals surface area contributed by atoms with Crippen LogP contribution in [-0.4, -0.2) is 10.2 Å². The smallest absolute Gasteiger partial charge is 0.336 e. The van der Waals surface area contributed by atoms with E-state index in [4.69, 9.17) is 9.15 Å². The summed E-state index contributed by atoms with van der Waals surface area (Å²) in [4.78, 5) is 11.7. The lowest BCUT2D eigenvalue weighted by Crippen LogP contribution is -2.01. The van der Waals surface area contributed by atoms with Gasteiger partial charge in [-0.25, -0.2) is 4.79 Å². The highest BCUT2D eigenvalue weighted by molar-refractivity contribution is 7.15. The van der Waals surface area contributed by atoms with E-state index < -0.39 is 0 Å². The standard InChI is InChI=1S/C20H17N3O3S/c1-12-10-18(24)26-19-13(2)16(9-8-15(12)19)25-11-17-22-23-20(27-17)21-14-6-4-3-5-7-14/h3-10H,11H2,1-2H3,(H,21,23). The van der Waals surface area contributed by atoms with Gasteiger partial charge in [-0.05, 0) is 43.7 Å². The summed E-state index contributed by atoms with van der Waals surface area (Å²) in [6.45, 7) is 4.06. The second-order valence-electron chi connectivity index (χ2n) is 6.09. The highest BCUT2D eigenvalue weighted by atomic mass is 32.1. The van der Waals surface area contributed by atoms with Gasteiger partial charge in [0.2, 0.25) is 5.13 Å². The minimum Gasteiger partial charge on any atom is -0.486 e. The monoisotopic (exact) mass is 379 g/mol. The quantitative estimate of drug-likeness (QED) is 0.511. The van der Waals surface area contributed by atoms with Crippen LogP contribution in [0.3, 0.4) is 0 Å². The molecule has 0 aliphatic heterocycles. The van der Waals surface area contributed by atoms with Crippen LogP contribution in [0.25, 0.3) is 11.0 Å². The van der Waals surface area contributed by atoms with E-state index in [0.29, 0.717) is 16.5 Å². The van der Waals surface area contributed by atoms with Crippen LogP contribution < -0.4 is 15.7 Å². The van der Waals surface area contributed by atoms with Crippen LogP contribution in [-0.2, 0) is 6.61 Å². The number of para-hydroxylation sites is 1. The van der Waals surface area contributed by atoms with Crippen molar-refractivity contribution in [2.75, 3.05) is 5.32 Å². The first-order valence-corrected chi connectivity index (χ1v) is 9.23. The summed E-state index contributed by atoms with van der Waals surface area (Å²) < 4.78 is 11.3. The Morgan fingerprint density at radius 1 is 1.11 bits per heavy atom. The number of nitrogens with zero attached hydrogens (tertiary/aromatic N) is 2. The number of nitrogens with one attached hydrogen (secondary N) is 1.